The van der Waals surface area contributed by atoms with Gasteiger partial charge < -0.3 is 4.52 Å². The van der Waals surface area contributed by atoms with E-state index in [0.29, 0.717) is 0 Å². The summed E-state index contributed by atoms with van der Waals surface area (Å²) in [7, 11) is 0. The molecule has 4 aromatic rings. The van der Waals surface area contributed by atoms with Crippen LogP contribution in [0, 0.1) is 0 Å². The molecule has 52 valence electrons. The van der Waals surface area contributed by atoms with Gasteiger partial charge in [0.25, 0.3) is 0 Å². The first-order valence-electron chi connectivity index (χ1n) is 3.50. The lowest BCUT2D eigenvalue weighted by molar-refractivity contribution is 0.429. The highest BCUT2D eigenvalue weighted by molar-refractivity contribution is 6.06. The van der Waals surface area contributed by atoms with Crippen LogP contribution in [0.15, 0.2) is 35.1 Å². The Bertz CT molecular complexity index is 433. The van der Waals surface area contributed by atoms with Gasteiger partial charge in [0.15, 0.2) is 0 Å². The molecule has 0 spiro atoms. The number of rotatable bonds is 0. The summed E-state index contributed by atoms with van der Waals surface area (Å²) >= 11 is 0. The second kappa shape index (κ2) is 1.53. The smallest absolute Gasteiger partial charge is 0.132 e. The molecule has 1 aromatic heterocycles. The Kier molecular flexibility index (Phi) is 0.714. The second-order valence-electron chi connectivity index (χ2n) is 2.65. The third-order valence-corrected chi connectivity index (χ3v) is 2.04. The molecular weight excluding hydrogens is 138 g/mol. The second-order valence-corrected chi connectivity index (χ2v) is 2.65. The van der Waals surface area contributed by atoms with E-state index >= 15 is 0 Å². The van der Waals surface area contributed by atoms with Crippen LogP contribution < -0.4 is 0 Å². The molecule has 0 aliphatic rings. The zero-order valence-corrected chi connectivity index (χ0v) is 5.74. The lowest BCUT2D eigenvalue weighted by atomic mass is 10.1. The zero-order valence-electron chi connectivity index (χ0n) is 5.74. The molecule has 0 saturated carbocycles. The first-order chi connectivity index (χ1) is 5.45. The van der Waals surface area contributed by atoms with Crippen molar-refractivity contribution in [3.63, 3.8) is 0 Å². The van der Waals surface area contributed by atoms with Crippen molar-refractivity contribution in [1.29, 1.82) is 0 Å². The summed E-state index contributed by atoms with van der Waals surface area (Å²) in [6, 6.07) is 8.27. The molecule has 0 aliphatic carbocycles. The minimum Gasteiger partial charge on any atom is -0.363 e. The Morgan fingerprint density at radius 1 is 1.00 bits per heavy atom. The largest absolute Gasteiger partial charge is 0.363 e. The molecule has 0 N–H and O–H groups in total. The molecule has 2 bridgehead atoms. The average molecular weight is 143 g/mol. The van der Waals surface area contributed by atoms with Crippen LogP contribution in [0.4, 0.5) is 0 Å². The molecule has 0 fully saturated rings. The normalized spacial score (nSPS) is 11.6. The van der Waals surface area contributed by atoms with Crippen LogP contribution in [-0.2, 0) is 0 Å². The van der Waals surface area contributed by atoms with Crippen molar-refractivity contribution < 1.29 is 4.52 Å². The van der Waals surface area contributed by atoms with E-state index in [9.17, 15) is 0 Å². The van der Waals surface area contributed by atoms with Crippen LogP contribution in [0.1, 0.15) is 0 Å². The first-order valence-corrected chi connectivity index (χ1v) is 3.50. The summed E-state index contributed by atoms with van der Waals surface area (Å²) in [6.07, 6.45) is 1.69. The standard InChI is InChI=1S/C9H5NO/c1-3-7-4-2-6(1)8-5-11-10-9(7)8/h1-5H. The zero-order chi connectivity index (χ0) is 7.26. The van der Waals surface area contributed by atoms with Gasteiger partial charge in [0.1, 0.15) is 11.8 Å². The molecule has 2 nitrogen and oxygen atoms in total. The van der Waals surface area contributed by atoms with E-state index in [2.05, 4.69) is 29.4 Å². The number of hydrogen-bond acceptors (Lipinski definition) is 2. The van der Waals surface area contributed by atoms with E-state index in [0.717, 1.165) is 16.3 Å². The molecule has 4 rings (SSSR count). The maximum atomic E-state index is 4.88. The van der Waals surface area contributed by atoms with E-state index in [-0.39, 0.29) is 0 Å². The van der Waals surface area contributed by atoms with Crippen LogP contribution in [0.5, 0.6) is 0 Å². The number of hydrogen-bond donors (Lipinski definition) is 0. The van der Waals surface area contributed by atoms with Crippen LogP contribution in [0.3, 0.4) is 0 Å². The lowest BCUT2D eigenvalue weighted by Crippen LogP contribution is -1.75. The third kappa shape index (κ3) is 0.499. The Morgan fingerprint density at radius 2 is 1.73 bits per heavy atom. The van der Waals surface area contributed by atoms with Gasteiger partial charge in [-0.2, -0.15) is 0 Å². The molecule has 1 heterocycles. The maximum Gasteiger partial charge on any atom is 0.132 e. The van der Waals surface area contributed by atoms with Crippen molar-refractivity contribution >= 4 is 21.7 Å². The fraction of sp³-hybridized carbons (Fsp3) is 0. The van der Waals surface area contributed by atoms with Gasteiger partial charge in [-0.05, 0) is 5.39 Å². The Balaban J connectivity index is 2.83. The SMILES string of the molecule is c1cc2ccc1c1conc21. The minimum atomic E-state index is 0.977. The Labute approximate surface area is 62.7 Å². The van der Waals surface area contributed by atoms with Crippen molar-refractivity contribution in [2.45, 2.75) is 0 Å². The molecule has 2 heteroatoms. The quantitative estimate of drug-likeness (QED) is 0.483. The summed E-state index contributed by atoms with van der Waals surface area (Å²) < 4.78 is 4.88. The maximum absolute atomic E-state index is 4.88. The Morgan fingerprint density at radius 3 is 2.45 bits per heavy atom. The highest BCUT2D eigenvalue weighted by Crippen LogP contribution is 2.25. The van der Waals surface area contributed by atoms with Crippen molar-refractivity contribution in [2.24, 2.45) is 0 Å². The highest BCUT2D eigenvalue weighted by atomic mass is 16.5. The van der Waals surface area contributed by atoms with Gasteiger partial charge in [-0.1, -0.05) is 29.4 Å². The fourth-order valence-electron chi connectivity index (χ4n) is 1.46. The van der Waals surface area contributed by atoms with E-state index < -0.39 is 0 Å². The molecule has 0 aliphatic heterocycles. The summed E-state index contributed by atoms with van der Waals surface area (Å²) in [5.41, 5.74) is 0.977. The number of benzene rings is 3. The van der Waals surface area contributed by atoms with Gasteiger partial charge in [0.2, 0.25) is 0 Å². The summed E-state index contributed by atoms with van der Waals surface area (Å²) in [4.78, 5) is 0. The lowest BCUT2D eigenvalue weighted by Gasteiger charge is -1.96. The Hall–Kier alpha value is -1.57. The van der Waals surface area contributed by atoms with Crippen molar-refractivity contribution in [2.75, 3.05) is 0 Å². The van der Waals surface area contributed by atoms with Crippen LogP contribution in [0.25, 0.3) is 21.7 Å². The van der Waals surface area contributed by atoms with Crippen molar-refractivity contribution in [3.05, 3.63) is 30.5 Å². The highest BCUT2D eigenvalue weighted by Gasteiger charge is 2.04. The van der Waals surface area contributed by atoms with Gasteiger partial charge in [0, 0.05) is 10.8 Å². The fourth-order valence-corrected chi connectivity index (χ4v) is 1.46. The molecule has 0 unspecified atom stereocenters. The van der Waals surface area contributed by atoms with Gasteiger partial charge in [-0.15, -0.1) is 0 Å². The van der Waals surface area contributed by atoms with Crippen LogP contribution >= 0.6 is 0 Å². The summed E-state index contributed by atoms with van der Waals surface area (Å²) in [5, 5.41) is 7.35. The molecule has 0 amide bonds. The number of fused-ring (bicyclic) bond motifs is 2. The molecule has 0 radical (unpaired) electrons. The summed E-state index contributed by atoms with van der Waals surface area (Å²) in [6.45, 7) is 0. The van der Waals surface area contributed by atoms with E-state index in [1.165, 1.54) is 5.39 Å². The molecule has 3 aromatic carbocycles. The predicted octanol–water partition coefficient (Wildman–Crippen LogP) is 2.42. The third-order valence-electron chi connectivity index (χ3n) is 2.04. The van der Waals surface area contributed by atoms with E-state index in [4.69, 9.17) is 4.52 Å². The van der Waals surface area contributed by atoms with Crippen molar-refractivity contribution in [1.82, 2.24) is 5.16 Å². The number of aromatic nitrogens is 1. The average Bonchev–Trinajstić information content (AvgIpc) is 2.55. The van der Waals surface area contributed by atoms with Gasteiger partial charge >= 0.3 is 0 Å². The summed E-state index contributed by atoms with van der Waals surface area (Å²) in [5.74, 6) is 0. The topological polar surface area (TPSA) is 26.0 Å². The first kappa shape index (κ1) is 5.13. The molecule has 11 heavy (non-hydrogen) atoms. The number of nitrogens with zero attached hydrogens (tertiary/aromatic N) is 1. The molecule has 0 saturated heterocycles. The van der Waals surface area contributed by atoms with Gasteiger partial charge in [-0.3, -0.25) is 0 Å². The molecule has 0 atom stereocenters. The van der Waals surface area contributed by atoms with Crippen LogP contribution in [0.2, 0.25) is 0 Å². The monoisotopic (exact) mass is 143 g/mol. The van der Waals surface area contributed by atoms with E-state index in [1.807, 2.05) is 0 Å². The van der Waals surface area contributed by atoms with Crippen molar-refractivity contribution in [3.8, 4) is 0 Å². The molecular formula is C9H5NO. The van der Waals surface area contributed by atoms with Gasteiger partial charge in [0.05, 0.1) is 0 Å². The van der Waals surface area contributed by atoms with Crippen LogP contribution in [-0.4, -0.2) is 5.16 Å². The predicted molar refractivity (Wildman–Crippen MR) is 42.7 cm³/mol. The minimum absolute atomic E-state index is 0.977. The van der Waals surface area contributed by atoms with E-state index in [1.54, 1.807) is 6.26 Å². The van der Waals surface area contributed by atoms with Gasteiger partial charge in [-0.25, -0.2) is 0 Å².